The van der Waals surface area contributed by atoms with E-state index >= 15 is 4.79 Å². The first-order valence-electron chi connectivity index (χ1n) is 17.7. The second-order valence-electron chi connectivity index (χ2n) is 14.4. The summed E-state index contributed by atoms with van der Waals surface area (Å²) in [6, 6.07) is 32.5. The summed E-state index contributed by atoms with van der Waals surface area (Å²) in [6.07, 6.45) is 2.30. The molecule has 52 heavy (non-hydrogen) atoms. The zero-order valence-corrected chi connectivity index (χ0v) is 33.4. The largest absolute Gasteiger partial charge is 0.497 e. The van der Waals surface area contributed by atoms with Gasteiger partial charge in [-0.3, -0.25) is 9.48 Å². The number of amides is 1. The average molecular weight is 829 g/mol. The Bertz CT molecular complexity index is 2040. The highest BCUT2D eigenvalue weighted by atomic mass is 127. The van der Waals surface area contributed by atoms with Gasteiger partial charge in [0.15, 0.2) is 5.60 Å². The lowest BCUT2D eigenvalue weighted by Gasteiger charge is -2.37. The maximum absolute atomic E-state index is 15.2. The van der Waals surface area contributed by atoms with E-state index in [9.17, 15) is 5.11 Å². The van der Waals surface area contributed by atoms with Crippen LogP contribution in [0.15, 0.2) is 103 Å². The van der Waals surface area contributed by atoms with Crippen molar-refractivity contribution in [3.05, 3.63) is 129 Å². The molecule has 1 aromatic heterocycles. The molecule has 0 bridgehead atoms. The molecule has 0 aliphatic carbocycles. The van der Waals surface area contributed by atoms with Crippen molar-refractivity contribution >= 4 is 47.4 Å². The van der Waals surface area contributed by atoms with Gasteiger partial charge >= 0.3 is 0 Å². The quantitative estimate of drug-likeness (QED) is 0.108. The summed E-state index contributed by atoms with van der Waals surface area (Å²) < 4.78 is 21.6. The molecule has 1 unspecified atom stereocenters. The first-order chi connectivity index (χ1) is 25.1. The first-order valence-corrected chi connectivity index (χ1v) is 21.9. The Morgan fingerprint density at radius 1 is 0.962 bits per heavy atom. The van der Waals surface area contributed by atoms with Crippen LogP contribution in [-0.4, -0.2) is 61.0 Å². The lowest BCUT2D eigenvalue weighted by molar-refractivity contribution is -0.146. The molecule has 9 nitrogen and oxygen atoms in total. The summed E-state index contributed by atoms with van der Waals surface area (Å²) in [5, 5.41) is 20.5. The van der Waals surface area contributed by atoms with E-state index in [0.717, 1.165) is 31.7 Å². The number of halogens is 1. The Morgan fingerprint density at radius 3 is 2.38 bits per heavy atom. The summed E-state index contributed by atoms with van der Waals surface area (Å²) >= 11 is 2.32. The van der Waals surface area contributed by atoms with Gasteiger partial charge in [-0.05, 0) is 88.1 Å². The highest BCUT2D eigenvalue weighted by Gasteiger charge is 2.66. The molecule has 0 saturated carbocycles. The van der Waals surface area contributed by atoms with Crippen LogP contribution in [0.4, 0.5) is 5.69 Å². The first kappa shape index (κ1) is 36.3. The fourth-order valence-corrected chi connectivity index (χ4v) is 13.2. The molecule has 5 atom stereocenters. The normalized spacial score (nSPS) is 21.8. The Hall–Kier alpha value is -4.04. The fourth-order valence-electron chi connectivity index (χ4n) is 8.56. The molecule has 1 fully saturated rings. The zero-order chi connectivity index (χ0) is 36.6. The molecule has 3 heterocycles. The molecule has 2 aliphatic rings. The molecule has 1 spiro atoms. The van der Waals surface area contributed by atoms with E-state index in [-0.39, 0.29) is 36.0 Å². The Kier molecular flexibility index (Phi) is 10.3. The summed E-state index contributed by atoms with van der Waals surface area (Å²) in [5.74, 6) is 1.05. The number of hydrogen-bond acceptors (Lipinski definition) is 7. The summed E-state index contributed by atoms with van der Waals surface area (Å²) in [7, 11) is 0.999. The third kappa shape index (κ3) is 6.45. The number of nitrogens with zero attached hydrogens (tertiary/aromatic N) is 4. The number of rotatable bonds is 12. The number of aliphatic hydroxyl groups is 1. The van der Waals surface area contributed by atoms with Gasteiger partial charge in [-0.25, -0.2) is 0 Å². The number of methoxy groups -OCH3 is 2. The molecule has 0 radical (unpaired) electrons. The van der Waals surface area contributed by atoms with Gasteiger partial charge in [-0.15, -0.1) is 5.10 Å². The van der Waals surface area contributed by atoms with Crippen molar-refractivity contribution in [1.82, 2.24) is 15.0 Å². The molecular weight excluding hydrogens is 783 g/mol. The number of anilines is 1. The number of aromatic nitrogens is 3. The molecule has 1 saturated heterocycles. The van der Waals surface area contributed by atoms with Crippen LogP contribution in [0.2, 0.25) is 18.6 Å². The van der Waals surface area contributed by atoms with Gasteiger partial charge in [0.1, 0.15) is 11.5 Å². The van der Waals surface area contributed by atoms with Gasteiger partial charge in [0.25, 0.3) is 5.91 Å². The van der Waals surface area contributed by atoms with Crippen LogP contribution in [0.25, 0.3) is 0 Å². The van der Waals surface area contributed by atoms with E-state index in [1.54, 1.807) is 14.2 Å². The number of carbonyl (C=O) groups excluding carboxylic acids is 1. The van der Waals surface area contributed by atoms with E-state index in [1.807, 2.05) is 82.5 Å². The van der Waals surface area contributed by atoms with Gasteiger partial charge in [-0.1, -0.05) is 85.0 Å². The highest BCUT2D eigenvalue weighted by molar-refractivity contribution is 14.1. The van der Waals surface area contributed by atoms with Gasteiger partial charge in [0, 0.05) is 27.8 Å². The van der Waals surface area contributed by atoms with Crippen LogP contribution in [0.3, 0.4) is 0 Å². The van der Waals surface area contributed by atoms with E-state index in [4.69, 9.17) is 14.2 Å². The summed E-state index contributed by atoms with van der Waals surface area (Å²) in [6.45, 7) is 7.90. The van der Waals surface area contributed by atoms with Crippen LogP contribution >= 0.6 is 22.6 Å². The predicted octanol–water partition coefficient (Wildman–Crippen LogP) is 6.88. The third-order valence-corrected chi connectivity index (χ3v) is 16.2. The van der Waals surface area contributed by atoms with Crippen LogP contribution in [0.1, 0.15) is 41.6 Å². The van der Waals surface area contributed by atoms with Crippen LogP contribution < -0.4 is 19.6 Å². The van der Waals surface area contributed by atoms with Crippen molar-refractivity contribution in [1.29, 1.82) is 0 Å². The van der Waals surface area contributed by atoms with Gasteiger partial charge in [-0.2, -0.15) is 0 Å². The van der Waals surface area contributed by atoms with Crippen molar-refractivity contribution in [2.75, 3.05) is 25.7 Å². The molecule has 11 heteroatoms. The standard InChI is InChI=1S/C41H45IN4O5Si/c1-27-39(52(4,5)33-17-14-31(49-2)15-18-33)38(20-21-45-25-36(43-44-45)34(26-47)29-11-7-6-8-12-29)51-41(27)35-23-32(50-3)16-19-37(35)46(40(41)48)24-28-10-9-13-30(42)22-28/h6-19,22-23,25,27,34,38-39,47H,20-21,24,26H2,1-5H3/t27-,34?,38+,39-,41+/m0/s1. The van der Waals surface area contributed by atoms with Crippen LogP contribution in [-0.2, 0) is 28.2 Å². The number of fused-ring (bicyclic) bond motifs is 2. The minimum absolute atomic E-state index is 0.0363. The fraction of sp³-hybridized carbons (Fsp3) is 0.341. The summed E-state index contributed by atoms with van der Waals surface area (Å²) in [5.41, 5.74) is 3.36. The maximum Gasteiger partial charge on any atom is 0.264 e. The average Bonchev–Trinajstić information content (AvgIpc) is 3.81. The second-order valence-corrected chi connectivity index (χ2v) is 20.3. The lowest BCUT2D eigenvalue weighted by Crippen LogP contribution is -2.51. The molecule has 7 rings (SSSR count). The molecule has 5 aromatic rings. The minimum Gasteiger partial charge on any atom is -0.497 e. The van der Waals surface area contributed by atoms with E-state index in [2.05, 4.69) is 83.3 Å². The van der Waals surface area contributed by atoms with Crippen molar-refractivity contribution in [2.45, 2.75) is 62.7 Å². The number of ether oxygens (including phenoxy) is 3. The van der Waals surface area contributed by atoms with E-state index in [1.165, 1.54) is 5.19 Å². The molecule has 2 aliphatic heterocycles. The maximum atomic E-state index is 15.2. The van der Waals surface area contributed by atoms with Crippen molar-refractivity contribution in [2.24, 2.45) is 5.92 Å². The monoisotopic (exact) mass is 828 g/mol. The zero-order valence-electron chi connectivity index (χ0n) is 30.2. The highest BCUT2D eigenvalue weighted by Crippen LogP contribution is 2.60. The van der Waals surface area contributed by atoms with Gasteiger partial charge < -0.3 is 24.2 Å². The van der Waals surface area contributed by atoms with Gasteiger partial charge in [0.2, 0.25) is 0 Å². The van der Waals surface area contributed by atoms with Crippen molar-refractivity contribution < 1.29 is 24.1 Å². The van der Waals surface area contributed by atoms with Crippen molar-refractivity contribution in [3.8, 4) is 11.5 Å². The number of aliphatic hydroxyl groups excluding tert-OH is 1. The topological polar surface area (TPSA) is 98.9 Å². The smallest absolute Gasteiger partial charge is 0.264 e. The van der Waals surface area contributed by atoms with E-state index < -0.39 is 13.7 Å². The Balaban J connectivity index is 1.27. The minimum atomic E-state index is -2.34. The van der Waals surface area contributed by atoms with Crippen LogP contribution in [0, 0.1) is 9.49 Å². The summed E-state index contributed by atoms with van der Waals surface area (Å²) in [4.78, 5) is 17.1. The SMILES string of the molecule is COc1ccc([Si](C)(C)[C@@H]2[C@@H](CCn3cc(C(CO)c4ccccc4)nn3)O[C@]3(C(=O)N(Cc4cccc(I)c4)c4ccc(OC)cc43)[C@H]2C)cc1. The molecule has 1 N–H and O–H groups in total. The van der Waals surface area contributed by atoms with E-state index in [0.29, 0.717) is 31.0 Å². The molecule has 1 amide bonds. The molecular formula is C41H45IN4O5Si. The third-order valence-electron chi connectivity index (χ3n) is 11.2. The van der Waals surface area contributed by atoms with Crippen LogP contribution in [0.5, 0.6) is 11.5 Å². The predicted molar refractivity (Wildman–Crippen MR) is 213 cm³/mol. The van der Waals surface area contributed by atoms with Gasteiger partial charge in [0.05, 0.1) is 58.8 Å². The second kappa shape index (κ2) is 14.8. The number of aryl methyl sites for hydroxylation is 1. The Labute approximate surface area is 320 Å². The Morgan fingerprint density at radius 2 is 1.69 bits per heavy atom. The lowest BCUT2D eigenvalue weighted by atomic mass is 9.82. The number of hydrogen-bond donors (Lipinski definition) is 1. The molecule has 4 aromatic carbocycles. The number of benzene rings is 4. The van der Waals surface area contributed by atoms with Crippen molar-refractivity contribution in [3.63, 3.8) is 0 Å². The number of carbonyl (C=O) groups is 1. The molecule has 270 valence electrons.